The molecule has 3 aromatic rings. The van der Waals surface area contributed by atoms with Crippen LogP contribution in [0.25, 0.3) is 21.8 Å². The number of hydrogen-bond donors (Lipinski definition) is 0. The summed E-state index contributed by atoms with van der Waals surface area (Å²) in [6, 6.07) is 12.5. The van der Waals surface area contributed by atoms with Gasteiger partial charge in [0.2, 0.25) is 5.90 Å². The summed E-state index contributed by atoms with van der Waals surface area (Å²) in [6.45, 7) is 6.34. The molecule has 1 unspecified atom stereocenters. The molecule has 0 spiro atoms. The minimum atomic E-state index is -0.456. The Morgan fingerprint density at radius 2 is 2.04 bits per heavy atom. The van der Waals surface area contributed by atoms with E-state index in [1.54, 1.807) is 0 Å². The molecule has 1 aliphatic heterocycles. The molecule has 0 N–H and O–H groups in total. The second-order valence-corrected chi connectivity index (χ2v) is 5.98. The molecule has 2 heterocycles. The summed E-state index contributed by atoms with van der Waals surface area (Å²) in [6.07, 6.45) is 0. The van der Waals surface area contributed by atoms with Crippen molar-refractivity contribution in [2.75, 3.05) is 0 Å². The Balaban J connectivity index is 1.97. The number of para-hydroxylation sites is 1. The van der Waals surface area contributed by atoms with Gasteiger partial charge in [-0.2, -0.15) is 0 Å². The van der Waals surface area contributed by atoms with Gasteiger partial charge in [0.1, 0.15) is 5.75 Å². The Morgan fingerprint density at radius 3 is 2.79 bits per heavy atom. The number of rotatable bonds is 2. The van der Waals surface area contributed by atoms with E-state index in [1.807, 2.05) is 19.1 Å². The molecule has 0 fully saturated rings. The number of ether oxygens (including phenoxy) is 1. The fourth-order valence-corrected chi connectivity index (χ4v) is 3.45. The fraction of sp³-hybridized carbons (Fsp3) is 0.263. The van der Waals surface area contributed by atoms with Crippen molar-refractivity contribution in [1.82, 2.24) is 4.57 Å². The van der Waals surface area contributed by atoms with Crippen LogP contribution in [0.3, 0.4) is 0 Å². The van der Waals surface area contributed by atoms with Gasteiger partial charge in [-0.3, -0.25) is 0 Å². The number of oxime groups is 1. The fourth-order valence-electron chi connectivity index (χ4n) is 3.45. The Kier molecular flexibility index (Phi) is 3.30. The minimum Gasteiger partial charge on any atom is -0.438 e. The van der Waals surface area contributed by atoms with Crippen LogP contribution < -0.4 is 4.74 Å². The summed E-state index contributed by atoms with van der Waals surface area (Å²) in [4.78, 5) is 15.8. The zero-order chi connectivity index (χ0) is 16.8. The van der Waals surface area contributed by atoms with Gasteiger partial charge in [-0.25, -0.2) is 4.79 Å². The molecule has 4 rings (SSSR count). The molecule has 1 atom stereocenters. The molecule has 5 heteroatoms. The third-order valence-electron chi connectivity index (χ3n) is 4.55. The van der Waals surface area contributed by atoms with E-state index in [-0.39, 0.29) is 5.92 Å². The molecule has 0 saturated carbocycles. The monoisotopic (exact) mass is 322 g/mol. The van der Waals surface area contributed by atoms with Crippen LogP contribution in [0.2, 0.25) is 0 Å². The maximum atomic E-state index is 11.0. The molecule has 122 valence electrons. The summed E-state index contributed by atoms with van der Waals surface area (Å²) >= 11 is 0. The normalized spacial score (nSPS) is 18.1. The summed E-state index contributed by atoms with van der Waals surface area (Å²) in [7, 11) is 0. The first-order chi connectivity index (χ1) is 11.6. The maximum Gasteiger partial charge on any atom is 0.332 e. The highest BCUT2D eigenvalue weighted by atomic mass is 16.7. The standard InChI is InChI=1S/C19H18N2O3/c1-4-21-15-8-6-5-7-14(15)17-16(21)10-9-13-11(2)19(23-18(13)17)20-24-12(3)22/h5-11H,4H2,1-3H3/b20-19-. The number of fused-ring (bicyclic) bond motifs is 5. The van der Waals surface area contributed by atoms with Gasteiger partial charge in [0.25, 0.3) is 0 Å². The molecule has 24 heavy (non-hydrogen) atoms. The van der Waals surface area contributed by atoms with E-state index >= 15 is 0 Å². The lowest BCUT2D eigenvalue weighted by atomic mass is 10.00. The van der Waals surface area contributed by atoms with Crippen LogP contribution in [-0.2, 0) is 16.2 Å². The quantitative estimate of drug-likeness (QED) is 0.525. The Bertz CT molecular complexity index is 1000. The highest BCUT2D eigenvalue weighted by Gasteiger charge is 2.31. The number of nitrogens with zero attached hydrogens (tertiary/aromatic N) is 2. The van der Waals surface area contributed by atoms with Gasteiger partial charge in [-0.15, -0.1) is 0 Å². The second-order valence-electron chi connectivity index (χ2n) is 5.98. The van der Waals surface area contributed by atoms with Gasteiger partial charge in [-0.05, 0) is 31.1 Å². The molecule has 5 nitrogen and oxygen atoms in total. The number of benzene rings is 2. The Labute approximate surface area is 139 Å². The lowest BCUT2D eigenvalue weighted by molar-refractivity contribution is -0.141. The SMILES string of the molecule is CCn1c2ccccc2c2c3c(ccc21)C(C)/C(=N/OC(C)=O)O3. The van der Waals surface area contributed by atoms with Crippen molar-refractivity contribution in [3.8, 4) is 5.75 Å². The molecule has 2 aromatic carbocycles. The lowest BCUT2D eigenvalue weighted by Gasteiger charge is -2.04. The highest BCUT2D eigenvalue weighted by Crippen LogP contribution is 2.44. The van der Waals surface area contributed by atoms with Gasteiger partial charge in [0, 0.05) is 29.9 Å². The van der Waals surface area contributed by atoms with Gasteiger partial charge in [-0.1, -0.05) is 24.3 Å². The number of hydrogen-bond acceptors (Lipinski definition) is 4. The van der Waals surface area contributed by atoms with E-state index in [2.05, 4.69) is 40.9 Å². The number of aromatic nitrogens is 1. The molecule has 0 aliphatic carbocycles. The first-order valence-electron chi connectivity index (χ1n) is 8.09. The van der Waals surface area contributed by atoms with Crippen LogP contribution in [0.4, 0.5) is 0 Å². The van der Waals surface area contributed by atoms with Crippen LogP contribution in [0.5, 0.6) is 5.75 Å². The van der Waals surface area contributed by atoms with E-state index in [0.717, 1.165) is 34.1 Å². The van der Waals surface area contributed by atoms with Crippen molar-refractivity contribution < 1.29 is 14.4 Å². The molecule has 0 amide bonds. The Hall–Kier alpha value is -2.82. The maximum absolute atomic E-state index is 11.0. The van der Waals surface area contributed by atoms with Crippen LogP contribution in [0.15, 0.2) is 41.6 Å². The van der Waals surface area contributed by atoms with Crippen molar-refractivity contribution in [2.24, 2.45) is 5.16 Å². The third kappa shape index (κ3) is 2.01. The first kappa shape index (κ1) is 14.8. The molecule has 0 radical (unpaired) electrons. The molecular formula is C19H18N2O3. The average Bonchev–Trinajstić information content (AvgIpc) is 3.07. The van der Waals surface area contributed by atoms with E-state index < -0.39 is 5.97 Å². The summed E-state index contributed by atoms with van der Waals surface area (Å²) in [5.41, 5.74) is 3.39. The van der Waals surface area contributed by atoms with Gasteiger partial charge >= 0.3 is 5.97 Å². The summed E-state index contributed by atoms with van der Waals surface area (Å²) in [5, 5.41) is 6.12. The topological polar surface area (TPSA) is 52.8 Å². The van der Waals surface area contributed by atoms with E-state index in [0.29, 0.717) is 5.90 Å². The van der Waals surface area contributed by atoms with Gasteiger partial charge in [0.15, 0.2) is 0 Å². The van der Waals surface area contributed by atoms with Crippen molar-refractivity contribution in [1.29, 1.82) is 0 Å². The summed E-state index contributed by atoms with van der Waals surface area (Å²) in [5.74, 6) is 0.727. The zero-order valence-corrected chi connectivity index (χ0v) is 13.9. The van der Waals surface area contributed by atoms with Crippen molar-refractivity contribution in [3.05, 3.63) is 42.0 Å². The van der Waals surface area contributed by atoms with E-state index in [1.165, 1.54) is 12.4 Å². The van der Waals surface area contributed by atoms with Gasteiger partial charge < -0.3 is 14.1 Å². The van der Waals surface area contributed by atoms with Crippen LogP contribution in [0, 0.1) is 0 Å². The van der Waals surface area contributed by atoms with Crippen LogP contribution in [-0.4, -0.2) is 16.4 Å². The zero-order valence-electron chi connectivity index (χ0n) is 13.9. The number of aryl methyl sites for hydroxylation is 1. The van der Waals surface area contributed by atoms with Crippen LogP contribution in [0.1, 0.15) is 32.3 Å². The minimum absolute atomic E-state index is 0.0486. The van der Waals surface area contributed by atoms with E-state index in [4.69, 9.17) is 9.57 Å². The second kappa shape index (κ2) is 5.37. The predicted octanol–water partition coefficient (Wildman–Crippen LogP) is 4.19. The van der Waals surface area contributed by atoms with Crippen molar-refractivity contribution in [3.63, 3.8) is 0 Å². The lowest BCUT2D eigenvalue weighted by Crippen LogP contribution is -2.09. The van der Waals surface area contributed by atoms with E-state index in [9.17, 15) is 4.79 Å². The largest absolute Gasteiger partial charge is 0.438 e. The molecule has 0 saturated heterocycles. The first-order valence-corrected chi connectivity index (χ1v) is 8.09. The number of carbonyl (C=O) groups is 1. The number of carbonyl (C=O) groups excluding carboxylic acids is 1. The molecule has 1 aromatic heterocycles. The average molecular weight is 322 g/mol. The van der Waals surface area contributed by atoms with Crippen molar-refractivity contribution in [2.45, 2.75) is 33.2 Å². The predicted molar refractivity (Wildman–Crippen MR) is 93.4 cm³/mol. The smallest absolute Gasteiger partial charge is 0.332 e. The highest BCUT2D eigenvalue weighted by molar-refractivity contribution is 6.14. The van der Waals surface area contributed by atoms with Gasteiger partial charge in [0.05, 0.1) is 16.8 Å². The van der Waals surface area contributed by atoms with Crippen LogP contribution >= 0.6 is 0 Å². The molecule has 0 bridgehead atoms. The molecule has 1 aliphatic rings. The van der Waals surface area contributed by atoms with Crippen molar-refractivity contribution >= 4 is 33.7 Å². The Morgan fingerprint density at radius 1 is 1.25 bits per heavy atom. The molecular weight excluding hydrogens is 304 g/mol. The third-order valence-corrected chi connectivity index (χ3v) is 4.55. The summed E-state index contributed by atoms with van der Waals surface area (Å²) < 4.78 is 8.29.